The molecule has 0 spiro atoms. The van der Waals surface area contributed by atoms with Gasteiger partial charge in [-0.3, -0.25) is 9.78 Å². The Morgan fingerprint density at radius 3 is 3.06 bits per heavy atom. The van der Waals surface area contributed by atoms with Crippen LogP contribution in [0.15, 0.2) is 24.5 Å². The van der Waals surface area contributed by atoms with Gasteiger partial charge < -0.3 is 11.1 Å². The maximum Gasteiger partial charge on any atom is 0.237 e. The van der Waals surface area contributed by atoms with Gasteiger partial charge in [0.05, 0.1) is 5.54 Å². The van der Waals surface area contributed by atoms with Gasteiger partial charge in [0.15, 0.2) is 0 Å². The third kappa shape index (κ3) is 2.82. The van der Waals surface area contributed by atoms with Crippen molar-refractivity contribution in [2.45, 2.75) is 37.6 Å². The normalized spacial score (nSPS) is 23.8. The number of carbonyl (C=O) groups is 1. The number of carbonyl (C=O) groups excluding carboxylic acids is 1. The van der Waals surface area contributed by atoms with Gasteiger partial charge in [-0.15, -0.1) is 0 Å². The van der Waals surface area contributed by atoms with Crippen LogP contribution in [0.1, 0.15) is 31.2 Å². The summed E-state index contributed by atoms with van der Waals surface area (Å²) in [5.74, 6) is -0.207. The van der Waals surface area contributed by atoms with E-state index < -0.39 is 5.54 Å². The van der Waals surface area contributed by atoms with Crippen LogP contribution >= 0.6 is 0 Å². The zero-order valence-corrected chi connectivity index (χ0v) is 9.98. The average Bonchev–Trinajstić information content (AvgIpc) is 2.80. The van der Waals surface area contributed by atoms with Crippen molar-refractivity contribution in [3.8, 4) is 0 Å². The van der Waals surface area contributed by atoms with Crippen LogP contribution in [-0.4, -0.2) is 23.0 Å². The van der Waals surface area contributed by atoms with Crippen molar-refractivity contribution in [1.82, 2.24) is 10.3 Å². The molecule has 0 radical (unpaired) electrons. The van der Waals surface area contributed by atoms with Crippen LogP contribution in [0.4, 0.5) is 0 Å². The van der Waals surface area contributed by atoms with Gasteiger partial charge in [0, 0.05) is 12.4 Å². The van der Waals surface area contributed by atoms with E-state index in [-0.39, 0.29) is 5.91 Å². The second kappa shape index (κ2) is 5.27. The van der Waals surface area contributed by atoms with Gasteiger partial charge in [-0.1, -0.05) is 6.07 Å². The molecule has 2 rings (SSSR count). The highest BCUT2D eigenvalue weighted by molar-refractivity contribution is 5.85. The molecule has 1 saturated heterocycles. The van der Waals surface area contributed by atoms with Crippen LogP contribution in [0.3, 0.4) is 0 Å². The summed E-state index contributed by atoms with van der Waals surface area (Å²) in [4.78, 5) is 15.6. The number of amides is 1. The summed E-state index contributed by atoms with van der Waals surface area (Å²) in [5.41, 5.74) is 6.26. The minimum Gasteiger partial charge on any atom is -0.368 e. The number of hydrogen-bond acceptors (Lipinski definition) is 3. The Hall–Kier alpha value is -1.42. The first-order valence-electron chi connectivity index (χ1n) is 6.17. The Labute approximate surface area is 102 Å². The third-order valence-electron chi connectivity index (χ3n) is 3.51. The maximum atomic E-state index is 11.5. The van der Waals surface area contributed by atoms with E-state index in [0.29, 0.717) is 0 Å². The second-order valence-electron chi connectivity index (χ2n) is 4.69. The fraction of sp³-hybridized carbons (Fsp3) is 0.538. The van der Waals surface area contributed by atoms with E-state index in [1.165, 1.54) is 5.56 Å². The summed E-state index contributed by atoms with van der Waals surface area (Å²) < 4.78 is 0. The van der Waals surface area contributed by atoms with Crippen LogP contribution in [0, 0.1) is 0 Å². The van der Waals surface area contributed by atoms with Crippen molar-refractivity contribution in [2.75, 3.05) is 6.54 Å². The first-order valence-corrected chi connectivity index (χ1v) is 6.17. The number of primary amides is 1. The first-order chi connectivity index (χ1) is 8.23. The molecule has 0 aliphatic carbocycles. The minimum absolute atomic E-state index is 0.207. The summed E-state index contributed by atoms with van der Waals surface area (Å²) in [5, 5.41) is 3.27. The quantitative estimate of drug-likeness (QED) is 0.797. The van der Waals surface area contributed by atoms with Gasteiger partial charge in [0.2, 0.25) is 5.91 Å². The molecule has 1 atom stereocenters. The van der Waals surface area contributed by atoms with Crippen molar-refractivity contribution in [2.24, 2.45) is 5.73 Å². The number of rotatable bonds is 5. The largest absolute Gasteiger partial charge is 0.368 e. The molecule has 0 saturated carbocycles. The fourth-order valence-corrected chi connectivity index (χ4v) is 2.49. The number of aromatic nitrogens is 1. The molecule has 4 heteroatoms. The van der Waals surface area contributed by atoms with Gasteiger partial charge >= 0.3 is 0 Å². The van der Waals surface area contributed by atoms with Crippen molar-refractivity contribution >= 4 is 5.91 Å². The molecule has 0 aromatic carbocycles. The predicted molar refractivity (Wildman–Crippen MR) is 66.3 cm³/mol. The Morgan fingerprint density at radius 1 is 1.59 bits per heavy atom. The average molecular weight is 233 g/mol. The first kappa shape index (κ1) is 12.0. The van der Waals surface area contributed by atoms with Crippen LogP contribution in [0.2, 0.25) is 0 Å². The van der Waals surface area contributed by atoms with E-state index in [4.69, 9.17) is 5.73 Å². The number of nitrogens with zero attached hydrogens (tertiary/aromatic N) is 1. The van der Waals surface area contributed by atoms with Crippen molar-refractivity contribution in [1.29, 1.82) is 0 Å². The lowest BCUT2D eigenvalue weighted by Gasteiger charge is -2.25. The molecule has 17 heavy (non-hydrogen) atoms. The minimum atomic E-state index is -0.456. The zero-order valence-electron chi connectivity index (χ0n) is 9.98. The van der Waals surface area contributed by atoms with E-state index in [1.807, 2.05) is 12.3 Å². The second-order valence-corrected chi connectivity index (χ2v) is 4.69. The number of pyridine rings is 1. The highest BCUT2D eigenvalue weighted by Gasteiger charge is 2.38. The maximum absolute atomic E-state index is 11.5. The Kier molecular flexibility index (Phi) is 3.74. The smallest absolute Gasteiger partial charge is 0.237 e. The van der Waals surface area contributed by atoms with Gasteiger partial charge in [-0.2, -0.15) is 0 Å². The van der Waals surface area contributed by atoms with E-state index in [2.05, 4.69) is 16.4 Å². The molecule has 1 aromatic rings. The molecule has 1 aromatic heterocycles. The van der Waals surface area contributed by atoms with Crippen LogP contribution < -0.4 is 11.1 Å². The molecule has 1 unspecified atom stereocenters. The molecule has 92 valence electrons. The lowest BCUT2D eigenvalue weighted by molar-refractivity contribution is -0.124. The van der Waals surface area contributed by atoms with Gasteiger partial charge in [0.25, 0.3) is 0 Å². The van der Waals surface area contributed by atoms with Gasteiger partial charge in [0.1, 0.15) is 0 Å². The summed E-state index contributed by atoms with van der Waals surface area (Å²) in [6.45, 7) is 0.899. The molecule has 2 heterocycles. The van der Waals surface area contributed by atoms with E-state index in [9.17, 15) is 4.79 Å². The highest BCUT2D eigenvalue weighted by Crippen LogP contribution is 2.25. The molecule has 1 amide bonds. The summed E-state index contributed by atoms with van der Waals surface area (Å²) in [6.07, 6.45) is 8.28. The molecule has 4 nitrogen and oxygen atoms in total. The predicted octanol–water partition coefficient (Wildman–Crippen LogP) is 1.01. The Balaban J connectivity index is 1.87. The number of hydrogen-bond donors (Lipinski definition) is 2. The lowest BCUT2D eigenvalue weighted by atomic mass is 9.89. The standard InChI is InChI=1S/C13H19N3O/c14-12(17)13(7-3-9-16-13)6-1-4-11-5-2-8-15-10-11/h2,5,8,10,16H,1,3-4,6-7,9H2,(H2,14,17). The molecule has 1 fully saturated rings. The molecular formula is C13H19N3O. The molecule has 0 bridgehead atoms. The van der Waals surface area contributed by atoms with Crippen molar-refractivity contribution in [3.05, 3.63) is 30.1 Å². The zero-order chi connectivity index (χ0) is 12.1. The van der Waals surface area contributed by atoms with Crippen LogP contribution in [0.5, 0.6) is 0 Å². The summed E-state index contributed by atoms with van der Waals surface area (Å²) in [6, 6.07) is 4.00. The van der Waals surface area contributed by atoms with Crippen molar-refractivity contribution in [3.63, 3.8) is 0 Å². The molecule has 1 aliphatic rings. The van der Waals surface area contributed by atoms with Crippen LogP contribution in [-0.2, 0) is 11.2 Å². The van der Waals surface area contributed by atoms with Crippen LogP contribution in [0.25, 0.3) is 0 Å². The van der Waals surface area contributed by atoms with E-state index in [1.54, 1.807) is 6.20 Å². The molecule has 3 N–H and O–H groups in total. The van der Waals surface area contributed by atoms with Gasteiger partial charge in [-0.05, 0) is 50.3 Å². The molecule has 1 aliphatic heterocycles. The fourth-order valence-electron chi connectivity index (χ4n) is 2.49. The van der Waals surface area contributed by atoms with E-state index in [0.717, 1.165) is 38.6 Å². The number of nitrogens with two attached hydrogens (primary N) is 1. The number of aryl methyl sites for hydroxylation is 1. The Bertz CT molecular complexity index is 372. The highest BCUT2D eigenvalue weighted by atomic mass is 16.1. The monoisotopic (exact) mass is 233 g/mol. The van der Waals surface area contributed by atoms with Gasteiger partial charge in [-0.25, -0.2) is 0 Å². The summed E-state index contributed by atoms with van der Waals surface area (Å²) in [7, 11) is 0. The Morgan fingerprint density at radius 2 is 2.47 bits per heavy atom. The SMILES string of the molecule is NC(=O)C1(CCCc2cccnc2)CCCN1. The summed E-state index contributed by atoms with van der Waals surface area (Å²) >= 11 is 0. The topological polar surface area (TPSA) is 68.0 Å². The van der Waals surface area contributed by atoms with E-state index >= 15 is 0 Å². The molecular weight excluding hydrogens is 214 g/mol. The lowest BCUT2D eigenvalue weighted by Crippen LogP contribution is -2.51. The third-order valence-corrected chi connectivity index (χ3v) is 3.51. The van der Waals surface area contributed by atoms with Crippen molar-refractivity contribution < 1.29 is 4.79 Å². The number of nitrogens with one attached hydrogen (secondary N) is 1.